The minimum atomic E-state index is 1.13. The third-order valence-electron chi connectivity index (χ3n) is 4.25. The van der Waals surface area contributed by atoms with E-state index in [-0.39, 0.29) is 0 Å². The maximum Gasteiger partial charge on any atom is -0.0184 e. The second-order valence-corrected chi connectivity index (χ2v) is 6.69. The van der Waals surface area contributed by atoms with Crippen LogP contribution < -0.4 is 0 Å². The molecule has 182 valence electrons. The third kappa shape index (κ3) is 15.6. The lowest BCUT2D eigenvalue weighted by molar-refractivity contribution is 1.32. The van der Waals surface area contributed by atoms with E-state index in [4.69, 9.17) is 0 Å². The lowest BCUT2D eigenvalue weighted by Gasteiger charge is -2.09. The molecule has 0 aliphatic heterocycles. The molecule has 1 aromatic rings. The summed E-state index contributed by atoms with van der Waals surface area (Å²) in [5.74, 6) is 0. The molecule has 0 nitrogen and oxygen atoms in total. The Morgan fingerprint density at radius 3 is 1.67 bits per heavy atom. The van der Waals surface area contributed by atoms with E-state index in [0.29, 0.717) is 0 Å². The molecule has 0 saturated heterocycles. The van der Waals surface area contributed by atoms with Crippen molar-refractivity contribution in [3.8, 4) is 0 Å². The van der Waals surface area contributed by atoms with Gasteiger partial charge in [-0.1, -0.05) is 133 Å². The predicted octanol–water partition coefficient (Wildman–Crippen LogP) is 11.3. The molecule has 0 aliphatic rings. The fourth-order valence-corrected chi connectivity index (χ4v) is 2.54. The SMILES string of the molecule is C=C\C=C/C=C(C)/C(=C\c1ccc(/C(C=C)=C/C=C(C)C)cc1)C(/C)=C/C.CC.CC.CC. The van der Waals surface area contributed by atoms with Gasteiger partial charge in [-0.3, -0.25) is 0 Å². The van der Waals surface area contributed by atoms with Crippen molar-refractivity contribution in [2.24, 2.45) is 0 Å². The maximum atomic E-state index is 3.94. The summed E-state index contributed by atoms with van der Waals surface area (Å²) in [6, 6.07) is 8.62. The molecule has 0 heteroatoms. The summed E-state index contributed by atoms with van der Waals surface area (Å²) in [5, 5.41) is 0. The molecule has 1 rings (SSSR count). The van der Waals surface area contributed by atoms with Crippen LogP contribution in [0.5, 0.6) is 0 Å². The normalized spacial score (nSPS) is 11.7. The highest BCUT2D eigenvalue weighted by atomic mass is 14.1. The van der Waals surface area contributed by atoms with Gasteiger partial charge in [-0.05, 0) is 74.1 Å². The first kappa shape index (κ1) is 34.7. The Labute approximate surface area is 207 Å². The zero-order chi connectivity index (χ0) is 26.2. The molecule has 0 bridgehead atoms. The molecule has 0 amide bonds. The van der Waals surface area contributed by atoms with E-state index in [9.17, 15) is 0 Å². The van der Waals surface area contributed by atoms with Crippen LogP contribution in [0.1, 0.15) is 87.3 Å². The summed E-state index contributed by atoms with van der Waals surface area (Å²) < 4.78 is 0. The molecule has 0 heterocycles. The topological polar surface area (TPSA) is 0 Å². The average Bonchev–Trinajstić information content (AvgIpc) is 2.86. The highest BCUT2D eigenvalue weighted by Crippen LogP contribution is 2.24. The second-order valence-electron chi connectivity index (χ2n) is 6.69. The largest absolute Gasteiger partial charge is 0.0991 e. The lowest BCUT2D eigenvalue weighted by atomic mass is 9.96. The number of hydrogen-bond donors (Lipinski definition) is 0. The minimum Gasteiger partial charge on any atom is -0.0991 e. The molecule has 0 saturated carbocycles. The number of benzene rings is 1. The molecule has 0 N–H and O–H groups in total. The molecule has 0 radical (unpaired) electrons. The first-order valence-corrected chi connectivity index (χ1v) is 12.3. The van der Waals surface area contributed by atoms with Crippen molar-refractivity contribution in [2.75, 3.05) is 0 Å². The summed E-state index contributed by atoms with van der Waals surface area (Å²) in [6.45, 7) is 30.2. The number of rotatable bonds is 8. The van der Waals surface area contributed by atoms with Crippen LogP contribution in [-0.2, 0) is 0 Å². The van der Waals surface area contributed by atoms with Crippen LogP contribution in [0, 0.1) is 0 Å². The fraction of sp³-hybridized carbons (Fsp3) is 0.333. The summed E-state index contributed by atoms with van der Waals surface area (Å²) >= 11 is 0. The first-order chi connectivity index (χ1) is 15.9. The smallest absolute Gasteiger partial charge is 0.0184 e. The highest BCUT2D eigenvalue weighted by molar-refractivity contribution is 5.76. The number of allylic oxidation sites excluding steroid dienone is 13. The van der Waals surface area contributed by atoms with Crippen molar-refractivity contribution in [1.82, 2.24) is 0 Å². The Kier molecular flexibility index (Phi) is 25.1. The van der Waals surface area contributed by atoms with Gasteiger partial charge in [0, 0.05) is 0 Å². The zero-order valence-electron chi connectivity index (χ0n) is 23.4. The van der Waals surface area contributed by atoms with E-state index < -0.39 is 0 Å². The molecular weight excluding hydrogens is 396 g/mol. The van der Waals surface area contributed by atoms with Crippen LogP contribution in [0.25, 0.3) is 11.6 Å². The van der Waals surface area contributed by atoms with E-state index >= 15 is 0 Å². The van der Waals surface area contributed by atoms with Crippen molar-refractivity contribution in [2.45, 2.75) is 76.2 Å². The minimum absolute atomic E-state index is 1.13. The van der Waals surface area contributed by atoms with Gasteiger partial charge in [0.15, 0.2) is 0 Å². The molecule has 1 aromatic carbocycles. The number of hydrogen-bond acceptors (Lipinski definition) is 0. The van der Waals surface area contributed by atoms with Crippen LogP contribution in [0.15, 0.2) is 108 Å². The first-order valence-electron chi connectivity index (χ1n) is 12.3. The van der Waals surface area contributed by atoms with E-state index in [1.54, 1.807) is 6.08 Å². The molecule has 0 atom stereocenters. The lowest BCUT2D eigenvalue weighted by Crippen LogP contribution is -1.89. The van der Waals surface area contributed by atoms with Gasteiger partial charge >= 0.3 is 0 Å². The summed E-state index contributed by atoms with van der Waals surface area (Å²) in [7, 11) is 0. The van der Waals surface area contributed by atoms with Gasteiger partial charge in [0.1, 0.15) is 0 Å². The van der Waals surface area contributed by atoms with Gasteiger partial charge in [0.25, 0.3) is 0 Å². The second kappa shape index (κ2) is 23.8. The van der Waals surface area contributed by atoms with Crippen LogP contribution in [0.3, 0.4) is 0 Å². The zero-order valence-corrected chi connectivity index (χ0v) is 23.4. The van der Waals surface area contributed by atoms with Gasteiger partial charge in [-0.25, -0.2) is 0 Å². The van der Waals surface area contributed by atoms with Crippen molar-refractivity contribution in [3.63, 3.8) is 0 Å². The summed E-state index contributed by atoms with van der Waals surface area (Å²) in [5.41, 5.74) is 8.47. The molecule has 0 unspecified atom stereocenters. The molecule has 0 aliphatic carbocycles. The Bertz CT molecular complexity index is 825. The fourth-order valence-electron chi connectivity index (χ4n) is 2.54. The third-order valence-corrected chi connectivity index (χ3v) is 4.25. The van der Waals surface area contributed by atoms with Crippen molar-refractivity contribution >= 4 is 11.6 Å². The van der Waals surface area contributed by atoms with Crippen LogP contribution in [0.2, 0.25) is 0 Å². The Morgan fingerprint density at radius 1 is 0.697 bits per heavy atom. The van der Waals surface area contributed by atoms with Crippen LogP contribution >= 0.6 is 0 Å². The molecule has 0 spiro atoms. The van der Waals surface area contributed by atoms with Crippen molar-refractivity contribution in [1.29, 1.82) is 0 Å². The Balaban J connectivity index is -0.00000138. The van der Waals surface area contributed by atoms with E-state index in [2.05, 4.69) is 102 Å². The van der Waals surface area contributed by atoms with Gasteiger partial charge in [0.2, 0.25) is 0 Å². The van der Waals surface area contributed by atoms with E-state index in [0.717, 1.165) is 5.57 Å². The van der Waals surface area contributed by atoms with Gasteiger partial charge < -0.3 is 0 Å². The molecule has 0 fully saturated rings. The van der Waals surface area contributed by atoms with Crippen molar-refractivity contribution in [3.05, 3.63) is 119 Å². The average molecular weight is 447 g/mol. The predicted molar refractivity (Wildman–Crippen MR) is 159 cm³/mol. The summed E-state index contributed by atoms with van der Waals surface area (Å²) in [4.78, 5) is 0. The quantitative estimate of drug-likeness (QED) is 0.348. The summed E-state index contributed by atoms with van der Waals surface area (Å²) in [6.07, 6.45) is 18.4. The molecule has 0 aromatic heterocycles. The van der Waals surface area contributed by atoms with Gasteiger partial charge in [0.05, 0.1) is 0 Å². The maximum absolute atomic E-state index is 3.94. The van der Waals surface area contributed by atoms with Crippen molar-refractivity contribution < 1.29 is 0 Å². The molecular formula is C33H50. The van der Waals surface area contributed by atoms with Gasteiger partial charge in [-0.2, -0.15) is 0 Å². The molecule has 33 heavy (non-hydrogen) atoms. The van der Waals surface area contributed by atoms with Crippen LogP contribution in [0.4, 0.5) is 0 Å². The Morgan fingerprint density at radius 2 is 1.24 bits per heavy atom. The highest BCUT2D eigenvalue weighted by Gasteiger charge is 2.03. The Hall–Kier alpha value is -2.86. The standard InChI is InChI=1S/C27H32.3C2H6/c1-8-11-12-13-23(7)27(22(6)9-2)20-24-15-18-26(19-16-24)25(10-3)17-14-21(4)5;3*1-2/h8-20H,1,3H2,2,4-7H3;3*1-2H3/b12-11-,22-9+,23-13+,25-17+,27-20-;;;. The van der Waals surface area contributed by atoms with E-state index in [1.807, 2.05) is 59.8 Å². The van der Waals surface area contributed by atoms with Crippen LogP contribution in [-0.4, -0.2) is 0 Å². The monoisotopic (exact) mass is 446 g/mol. The van der Waals surface area contributed by atoms with E-state index in [1.165, 1.54) is 33.4 Å². The van der Waals surface area contributed by atoms with Gasteiger partial charge in [-0.15, -0.1) is 0 Å².